The molecule has 0 N–H and O–H groups in total. The summed E-state index contributed by atoms with van der Waals surface area (Å²) in [7, 11) is -0.586. The maximum Gasteiger partial charge on any atom is 0.0234 e. The lowest BCUT2D eigenvalue weighted by atomic mass is 10.2. The van der Waals surface area contributed by atoms with Crippen molar-refractivity contribution in [2.24, 2.45) is 5.92 Å². The molecule has 0 aromatic carbocycles. The first-order chi connectivity index (χ1) is 3.63. The standard InChI is InChI=1S/C6H14OS/c1-6(2)4-5-8(3)7/h6H,4-5H2,1-3H3. The monoisotopic (exact) mass is 134 g/mol. The second-order valence-electron chi connectivity index (χ2n) is 2.46. The lowest BCUT2D eigenvalue weighted by molar-refractivity contribution is 0.620. The van der Waals surface area contributed by atoms with Gasteiger partial charge in [-0.05, 0) is 12.3 Å². The van der Waals surface area contributed by atoms with Gasteiger partial charge in [0.25, 0.3) is 0 Å². The van der Waals surface area contributed by atoms with Gasteiger partial charge in [-0.3, -0.25) is 4.21 Å². The van der Waals surface area contributed by atoms with E-state index in [1.165, 1.54) is 0 Å². The van der Waals surface area contributed by atoms with E-state index < -0.39 is 10.8 Å². The zero-order valence-corrected chi connectivity index (χ0v) is 6.62. The molecule has 0 saturated carbocycles. The van der Waals surface area contributed by atoms with Crippen molar-refractivity contribution >= 4 is 10.8 Å². The molecule has 1 unspecified atom stereocenters. The zero-order valence-electron chi connectivity index (χ0n) is 5.81. The van der Waals surface area contributed by atoms with Crippen LogP contribution >= 0.6 is 0 Å². The fraction of sp³-hybridized carbons (Fsp3) is 1.00. The lowest BCUT2D eigenvalue weighted by Gasteiger charge is -1.99. The summed E-state index contributed by atoms with van der Waals surface area (Å²) in [5.74, 6) is 1.55. The Morgan fingerprint density at radius 3 is 2.12 bits per heavy atom. The molecule has 0 fully saturated rings. The smallest absolute Gasteiger partial charge is 0.0234 e. The van der Waals surface area contributed by atoms with Gasteiger partial charge in [0.15, 0.2) is 0 Å². The van der Waals surface area contributed by atoms with E-state index >= 15 is 0 Å². The van der Waals surface area contributed by atoms with Crippen LogP contribution in [0.1, 0.15) is 20.3 Å². The average molecular weight is 134 g/mol. The summed E-state index contributed by atoms with van der Waals surface area (Å²) in [6, 6.07) is 0. The van der Waals surface area contributed by atoms with Crippen LogP contribution in [0.4, 0.5) is 0 Å². The van der Waals surface area contributed by atoms with Crippen molar-refractivity contribution in [1.29, 1.82) is 0 Å². The Balaban J connectivity index is 3.05. The van der Waals surface area contributed by atoms with Crippen molar-refractivity contribution in [2.75, 3.05) is 12.0 Å². The van der Waals surface area contributed by atoms with E-state index in [0.29, 0.717) is 5.92 Å². The highest BCUT2D eigenvalue weighted by Gasteiger charge is 1.94. The largest absolute Gasteiger partial charge is 0.260 e. The molecule has 0 aliphatic rings. The molecule has 0 aliphatic carbocycles. The molecule has 1 atom stereocenters. The molecule has 0 bridgehead atoms. The van der Waals surface area contributed by atoms with Crippen molar-refractivity contribution in [1.82, 2.24) is 0 Å². The third kappa shape index (κ3) is 6.15. The molecule has 0 rings (SSSR count). The van der Waals surface area contributed by atoms with Gasteiger partial charge in [0, 0.05) is 22.8 Å². The van der Waals surface area contributed by atoms with Crippen LogP contribution in [0, 0.1) is 5.92 Å². The first-order valence-corrected chi connectivity index (χ1v) is 4.65. The third-order valence-electron chi connectivity index (χ3n) is 0.983. The van der Waals surface area contributed by atoms with Crippen LogP contribution in [-0.2, 0) is 10.8 Å². The van der Waals surface area contributed by atoms with Gasteiger partial charge >= 0.3 is 0 Å². The van der Waals surface area contributed by atoms with E-state index in [1.54, 1.807) is 6.26 Å². The van der Waals surface area contributed by atoms with Crippen LogP contribution in [0.25, 0.3) is 0 Å². The fourth-order valence-corrected chi connectivity index (χ4v) is 1.20. The highest BCUT2D eigenvalue weighted by Crippen LogP contribution is 1.98. The third-order valence-corrected chi connectivity index (χ3v) is 1.79. The van der Waals surface area contributed by atoms with Crippen molar-refractivity contribution in [3.63, 3.8) is 0 Å². The number of hydrogen-bond acceptors (Lipinski definition) is 1. The minimum atomic E-state index is -0.586. The van der Waals surface area contributed by atoms with Crippen LogP contribution in [0.2, 0.25) is 0 Å². The van der Waals surface area contributed by atoms with Crippen molar-refractivity contribution in [3.8, 4) is 0 Å². The molecular formula is C6H14OS. The van der Waals surface area contributed by atoms with E-state index in [1.807, 2.05) is 0 Å². The van der Waals surface area contributed by atoms with Crippen LogP contribution in [-0.4, -0.2) is 16.2 Å². The summed E-state index contributed by atoms with van der Waals surface area (Å²) < 4.78 is 10.5. The van der Waals surface area contributed by atoms with Crippen molar-refractivity contribution < 1.29 is 4.21 Å². The molecule has 50 valence electrons. The minimum absolute atomic E-state index is 0.586. The summed E-state index contributed by atoms with van der Waals surface area (Å²) in [6.07, 6.45) is 2.84. The van der Waals surface area contributed by atoms with Gasteiger partial charge in [-0.15, -0.1) is 0 Å². The van der Waals surface area contributed by atoms with Gasteiger partial charge in [0.2, 0.25) is 0 Å². The van der Waals surface area contributed by atoms with Gasteiger partial charge in [-0.2, -0.15) is 0 Å². The van der Waals surface area contributed by atoms with Gasteiger partial charge in [-0.25, -0.2) is 0 Å². The van der Waals surface area contributed by atoms with Crippen molar-refractivity contribution in [2.45, 2.75) is 20.3 Å². The molecule has 1 nitrogen and oxygen atoms in total. The normalized spacial score (nSPS) is 14.5. The van der Waals surface area contributed by atoms with Gasteiger partial charge in [-0.1, -0.05) is 13.8 Å². The second-order valence-corrected chi connectivity index (χ2v) is 4.01. The Morgan fingerprint density at radius 1 is 1.50 bits per heavy atom. The Kier molecular flexibility index (Phi) is 4.15. The minimum Gasteiger partial charge on any atom is -0.260 e. The molecule has 2 heteroatoms. The molecule has 0 amide bonds. The van der Waals surface area contributed by atoms with Crippen LogP contribution in [0.3, 0.4) is 0 Å². The first kappa shape index (κ1) is 8.15. The average Bonchev–Trinajstić information content (AvgIpc) is 1.61. The maximum atomic E-state index is 10.5. The van der Waals surface area contributed by atoms with Crippen LogP contribution < -0.4 is 0 Å². The molecule has 0 aromatic heterocycles. The molecule has 0 heterocycles. The van der Waals surface area contributed by atoms with Crippen molar-refractivity contribution in [3.05, 3.63) is 0 Å². The predicted octanol–water partition coefficient (Wildman–Crippen LogP) is 1.41. The van der Waals surface area contributed by atoms with E-state index in [4.69, 9.17) is 0 Å². The van der Waals surface area contributed by atoms with E-state index in [9.17, 15) is 4.21 Å². The van der Waals surface area contributed by atoms with Crippen LogP contribution in [0.15, 0.2) is 0 Å². The van der Waals surface area contributed by atoms with Gasteiger partial charge in [0.1, 0.15) is 0 Å². The molecular weight excluding hydrogens is 120 g/mol. The first-order valence-electron chi connectivity index (χ1n) is 2.93. The summed E-state index contributed by atoms with van der Waals surface area (Å²) in [5.41, 5.74) is 0. The Labute approximate surface area is 53.9 Å². The Hall–Kier alpha value is 0.150. The number of hydrogen-bond donors (Lipinski definition) is 0. The SMILES string of the molecule is CC(C)CCS(C)=O. The predicted molar refractivity (Wildman–Crippen MR) is 38.4 cm³/mol. The number of rotatable bonds is 3. The highest BCUT2D eigenvalue weighted by molar-refractivity contribution is 7.84. The van der Waals surface area contributed by atoms with E-state index in [2.05, 4.69) is 13.8 Å². The summed E-state index contributed by atoms with van der Waals surface area (Å²) in [5, 5.41) is 0. The molecule has 0 aromatic rings. The molecule has 0 aliphatic heterocycles. The quantitative estimate of drug-likeness (QED) is 0.570. The Morgan fingerprint density at radius 2 is 2.00 bits per heavy atom. The molecule has 0 spiro atoms. The van der Waals surface area contributed by atoms with E-state index in [-0.39, 0.29) is 0 Å². The summed E-state index contributed by atoms with van der Waals surface area (Å²) in [6.45, 7) is 4.29. The zero-order chi connectivity index (χ0) is 6.57. The van der Waals surface area contributed by atoms with Crippen LogP contribution in [0.5, 0.6) is 0 Å². The highest BCUT2D eigenvalue weighted by atomic mass is 32.2. The summed E-state index contributed by atoms with van der Waals surface area (Å²) in [4.78, 5) is 0. The summed E-state index contributed by atoms with van der Waals surface area (Å²) >= 11 is 0. The molecule has 8 heavy (non-hydrogen) atoms. The lowest BCUT2D eigenvalue weighted by Crippen LogP contribution is -1.98. The fourth-order valence-electron chi connectivity index (χ4n) is 0.402. The molecule has 0 radical (unpaired) electrons. The van der Waals surface area contributed by atoms with Gasteiger partial charge in [0.05, 0.1) is 0 Å². The second kappa shape index (κ2) is 4.07. The van der Waals surface area contributed by atoms with Gasteiger partial charge < -0.3 is 0 Å². The topological polar surface area (TPSA) is 17.1 Å². The maximum absolute atomic E-state index is 10.5. The Bertz CT molecular complexity index is 78.6. The molecule has 0 saturated heterocycles. The van der Waals surface area contributed by atoms with E-state index in [0.717, 1.165) is 12.2 Å².